The third-order valence-corrected chi connectivity index (χ3v) is 3.60. The van der Waals surface area contributed by atoms with Gasteiger partial charge in [0.25, 0.3) is 0 Å². The molecule has 1 aromatic carbocycles. The van der Waals surface area contributed by atoms with Crippen LogP contribution in [0.2, 0.25) is 0 Å². The standard InChI is InChI=1S/C17H26FN3O2/c1-17(2,3)23-16(22)20-14-8-7-12(18)10-15(14)19-13-6-5-9-21(4)11-13/h7-8,10,13,19H,5-6,9,11H2,1-4H3,(H,20,22). The van der Waals surface area contributed by atoms with E-state index in [1.165, 1.54) is 12.1 Å². The lowest BCUT2D eigenvalue weighted by molar-refractivity contribution is 0.0636. The summed E-state index contributed by atoms with van der Waals surface area (Å²) in [6, 6.07) is 4.51. The molecule has 5 nitrogen and oxygen atoms in total. The van der Waals surface area contributed by atoms with Gasteiger partial charge in [0.05, 0.1) is 11.4 Å². The van der Waals surface area contributed by atoms with E-state index in [0.717, 1.165) is 25.9 Å². The molecule has 1 amide bonds. The molecule has 128 valence electrons. The highest BCUT2D eigenvalue weighted by Gasteiger charge is 2.20. The summed E-state index contributed by atoms with van der Waals surface area (Å²) in [7, 11) is 2.07. The number of hydrogen-bond acceptors (Lipinski definition) is 4. The highest BCUT2D eigenvalue weighted by atomic mass is 19.1. The summed E-state index contributed by atoms with van der Waals surface area (Å²) in [4.78, 5) is 14.2. The molecule has 23 heavy (non-hydrogen) atoms. The van der Waals surface area contributed by atoms with E-state index in [0.29, 0.717) is 11.4 Å². The monoisotopic (exact) mass is 323 g/mol. The summed E-state index contributed by atoms with van der Waals surface area (Å²) in [5, 5.41) is 6.03. The Kier molecular flexibility index (Phi) is 5.46. The fraction of sp³-hybridized carbons (Fsp3) is 0.588. The number of anilines is 2. The van der Waals surface area contributed by atoms with Crippen molar-refractivity contribution in [2.24, 2.45) is 0 Å². The topological polar surface area (TPSA) is 53.6 Å². The second kappa shape index (κ2) is 7.17. The summed E-state index contributed by atoms with van der Waals surface area (Å²) < 4.78 is 18.8. The molecule has 1 aliphatic heterocycles. The number of piperidine rings is 1. The average molecular weight is 323 g/mol. The number of benzene rings is 1. The Morgan fingerprint density at radius 3 is 2.74 bits per heavy atom. The van der Waals surface area contributed by atoms with Gasteiger partial charge in [-0.25, -0.2) is 9.18 Å². The molecule has 6 heteroatoms. The minimum Gasteiger partial charge on any atom is -0.444 e. The highest BCUT2D eigenvalue weighted by molar-refractivity contribution is 5.89. The Hall–Kier alpha value is -1.82. The molecular formula is C17H26FN3O2. The number of halogens is 1. The van der Waals surface area contributed by atoms with E-state index >= 15 is 0 Å². The Balaban J connectivity index is 2.09. The SMILES string of the molecule is CN1CCCC(Nc2cc(F)ccc2NC(=O)OC(C)(C)C)C1. The highest BCUT2D eigenvalue weighted by Crippen LogP contribution is 2.26. The van der Waals surface area contributed by atoms with Gasteiger partial charge in [0, 0.05) is 12.6 Å². The van der Waals surface area contributed by atoms with E-state index in [2.05, 4.69) is 22.6 Å². The number of nitrogens with one attached hydrogen (secondary N) is 2. The minimum absolute atomic E-state index is 0.231. The van der Waals surface area contributed by atoms with Gasteiger partial charge < -0.3 is 15.0 Å². The first-order chi connectivity index (χ1) is 10.7. The van der Waals surface area contributed by atoms with Gasteiger partial charge in [-0.1, -0.05) is 0 Å². The van der Waals surface area contributed by atoms with E-state index in [-0.39, 0.29) is 11.9 Å². The zero-order valence-corrected chi connectivity index (χ0v) is 14.3. The quantitative estimate of drug-likeness (QED) is 0.891. The number of ether oxygens (including phenoxy) is 1. The number of nitrogens with zero attached hydrogens (tertiary/aromatic N) is 1. The van der Waals surface area contributed by atoms with Crippen LogP contribution in [0.1, 0.15) is 33.6 Å². The second-order valence-electron chi connectivity index (χ2n) is 7.06. The van der Waals surface area contributed by atoms with Gasteiger partial charge in [-0.05, 0) is 65.4 Å². The van der Waals surface area contributed by atoms with Crippen LogP contribution in [0.15, 0.2) is 18.2 Å². The van der Waals surface area contributed by atoms with Gasteiger partial charge >= 0.3 is 6.09 Å². The van der Waals surface area contributed by atoms with Crippen molar-refractivity contribution in [1.29, 1.82) is 0 Å². The molecule has 0 saturated carbocycles. The van der Waals surface area contributed by atoms with Gasteiger partial charge in [0.1, 0.15) is 11.4 Å². The maximum absolute atomic E-state index is 13.6. The molecule has 1 fully saturated rings. The Labute approximate surface area is 137 Å². The molecule has 1 atom stereocenters. The van der Waals surface area contributed by atoms with Crippen molar-refractivity contribution in [3.63, 3.8) is 0 Å². The zero-order valence-electron chi connectivity index (χ0n) is 14.3. The van der Waals surface area contributed by atoms with Crippen molar-refractivity contribution in [3.8, 4) is 0 Å². The van der Waals surface area contributed by atoms with Crippen LogP contribution in [0.4, 0.5) is 20.6 Å². The summed E-state index contributed by atoms with van der Waals surface area (Å²) in [5.41, 5.74) is 0.522. The maximum atomic E-state index is 13.6. The average Bonchev–Trinajstić information content (AvgIpc) is 2.40. The molecule has 0 radical (unpaired) electrons. The number of likely N-dealkylation sites (tertiary alicyclic amines) is 1. The summed E-state index contributed by atoms with van der Waals surface area (Å²) in [5.74, 6) is -0.341. The van der Waals surface area contributed by atoms with Crippen molar-refractivity contribution < 1.29 is 13.9 Å². The number of carbonyl (C=O) groups is 1. The van der Waals surface area contributed by atoms with Gasteiger partial charge in [-0.2, -0.15) is 0 Å². The molecule has 1 unspecified atom stereocenters. The molecule has 0 bridgehead atoms. The molecule has 1 heterocycles. The Morgan fingerprint density at radius 1 is 1.35 bits per heavy atom. The van der Waals surface area contributed by atoms with Gasteiger partial charge in [0.2, 0.25) is 0 Å². The molecule has 0 aromatic heterocycles. The van der Waals surface area contributed by atoms with Crippen LogP contribution in [0.3, 0.4) is 0 Å². The fourth-order valence-corrected chi connectivity index (χ4v) is 2.66. The third kappa shape index (κ3) is 5.71. The van der Waals surface area contributed by atoms with Gasteiger partial charge in [-0.15, -0.1) is 0 Å². The lowest BCUT2D eigenvalue weighted by atomic mass is 10.1. The third-order valence-electron chi connectivity index (χ3n) is 3.60. The van der Waals surface area contributed by atoms with Crippen LogP contribution in [-0.4, -0.2) is 42.8 Å². The van der Waals surface area contributed by atoms with Gasteiger partial charge in [0.15, 0.2) is 0 Å². The molecule has 1 aromatic rings. The first-order valence-corrected chi connectivity index (χ1v) is 7.97. The number of likely N-dealkylation sites (N-methyl/N-ethyl adjacent to an activating group) is 1. The lowest BCUT2D eigenvalue weighted by Gasteiger charge is -2.31. The van der Waals surface area contributed by atoms with Crippen molar-refractivity contribution in [2.45, 2.75) is 45.3 Å². The summed E-state index contributed by atoms with van der Waals surface area (Å²) in [6.45, 7) is 7.36. The number of hydrogen-bond donors (Lipinski definition) is 2. The molecule has 2 rings (SSSR count). The zero-order chi connectivity index (χ0) is 17.0. The lowest BCUT2D eigenvalue weighted by Crippen LogP contribution is -2.40. The molecule has 0 spiro atoms. The van der Waals surface area contributed by atoms with Crippen LogP contribution in [-0.2, 0) is 4.74 Å². The predicted molar refractivity (Wildman–Crippen MR) is 90.4 cm³/mol. The summed E-state index contributed by atoms with van der Waals surface area (Å²) in [6.07, 6.45) is 1.57. The maximum Gasteiger partial charge on any atom is 0.412 e. The van der Waals surface area contributed by atoms with Crippen LogP contribution < -0.4 is 10.6 Å². The Bertz CT molecular complexity index is 557. The van der Waals surface area contributed by atoms with E-state index in [1.54, 1.807) is 26.8 Å². The minimum atomic E-state index is -0.580. The first-order valence-electron chi connectivity index (χ1n) is 7.97. The van der Waals surface area contributed by atoms with Crippen molar-refractivity contribution >= 4 is 17.5 Å². The van der Waals surface area contributed by atoms with E-state index in [1.807, 2.05) is 0 Å². The normalized spacial score (nSPS) is 19.3. The molecule has 1 aliphatic rings. The first kappa shape index (κ1) is 17.5. The van der Waals surface area contributed by atoms with Gasteiger partial charge in [-0.3, -0.25) is 5.32 Å². The second-order valence-corrected chi connectivity index (χ2v) is 7.06. The molecule has 0 aliphatic carbocycles. The smallest absolute Gasteiger partial charge is 0.412 e. The number of rotatable bonds is 3. The van der Waals surface area contributed by atoms with Crippen LogP contribution >= 0.6 is 0 Å². The van der Waals surface area contributed by atoms with Crippen LogP contribution in [0, 0.1) is 5.82 Å². The molecule has 1 saturated heterocycles. The van der Waals surface area contributed by atoms with Crippen molar-refractivity contribution in [1.82, 2.24) is 4.90 Å². The van der Waals surface area contributed by atoms with E-state index in [4.69, 9.17) is 4.74 Å². The predicted octanol–water partition coefficient (Wildman–Crippen LogP) is 3.68. The molecule has 2 N–H and O–H groups in total. The van der Waals surface area contributed by atoms with Crippen LogP contribution in [0.5, 0.6) is 0 Å². The van der Waals surface area contributed by atoms with Crippen LogP contribution in [0.25, 0.3) is 0 Å². The van der Waals surface area contributed by atoms with E-state index in [9.17, 15) is 9.18 Å². The van der Waals surface area contributed by atoms with Crippen molar-refractivity contribution in [2.75, 3.05) is 30.8 Å². The number of carbonyl (C=O) groups excluding carboxylic acids is 1. The number of amides is 1. The largest absolute Gasteiger partial charge is 0.444 e. The Morgan fingerprint density at radius 2 is 2.09 bits per heavy atom. The summed E-state index contributed by atoms with van der Waals surface area (Å²) >= 11 is 0. The molecular weight excluding hydrogens is 297 g/mol. The fourth-order valence-electron chi connectivity index (χ4n) is 2.66. The van der Waals surface area contributed by atoms with Crippen molar-refractivity contribution in [3.05, 3.63) is 24.0 Å². The van der Waals surface area contributed by atoms with E-state index < -0.39 is 11.7 Å².